The summed E-state index contributed by atoms with van der Waals surface area (Å²) >= 11 is 3.62. The van der Waals surface area contributed by atoms with Gasteiger partial charge in [-0.25, -0.2) is 4.98 Å². The lowest BCUT2D eigenvalue weighted by molar-refractivity contribution is -0.144. The van der Waals surface area contributed by atoms with Gasteiger partial charge in [-0.1, -0.05) is 48.5 Å². The number of ketones is 1. The third-order valence-corrected chi connectivity index (χ3v) is 6.38. The summed E-state index contributed by atoms with van der Waals surface area (Å²) in [5, 5.41) is 0.979. The summed E-state index contributed by atoms with van der Waals surface area (Å²) in [7, 11) is 0. The van der Waals surface area contributed by atoms with Crippen molar-refractivity contribution in [3.8, 4) is 11.3 Å². The predicted molar refractivity (Wildman–Crippen MR) is 134 cm³/mol. The normalized spacial score (nSPS) is 17.2. The number of hydrogen-bond acceptors (Lipinski definition) is 5. The van der Waals surface area contributed by atoms with Crippen molar-refractivity contribution >= 4 is 32.6 Å². The van der Waals surface area contributed by atoms with Crippen molar-refractivity contribution < 1.29 is 19.1 Å². The second-order valence-electron chi connectivity index (χ2n) is 8.74. The first kappa shape index (κ1) is 22.8. The number of aromatic nitrogens is 2. The molecule has 1 atom stereocenters. The summed E-state index contributed by atoms with van der Waals surface area (Å²) in [5.41, 5.74) is 3.87. The van der Waals surface area contributed by atoms with Crippen LogP contribution in [0.3, 0.4) is 0 Å². The van der Waals surface area contributed by atoms with Gasteiger partial charge in [0.1, 0.15) is 18.4 Å². The molecule has 1 unspecified atom stereocenters. The van der Waals surface area contributed by atoms with Crippen molar-refractivity contribution in [3.63, 3.8) is 0 Å². The van der Waals surface area contributed by atoms with Crippen LogP contribution in [0.5, 0.6) is 0 Å². The van der Waals surface area contributed by atoms with Crippen molar-refractivity contribution in [2.45, 2.75) is 32.2 Å². The van der Waals surface area contributed by atoms with Crippen LogP contribution < -0.4 is 4.84 Å². The monoisotopic (exact) mass is 520 g/mol. The second-order valence-corrected chi connectivity index (χ2v) is 9.60. The number of benzene rings is 2. The Morgan fingerprint density at radius 2 is 1.88 bits per heavy atom. The van der Waals surface area contributed by atoms with Crippen molar-refractivity contribution in [1.29, 1.82) is 0 Å². The summed E-state index contributed by atoms with van der Waals surface area (Å²) in [6.07, 6.45) is 2.06. The molecule has 0 saturated carbocycles. The lowest BCUT2D eigenvalue weighted by Gasteiger charge is -2.17. The van der Waals surface area contributed by atoms with Crippen LogP contribution in [0, 0.1) is 0 Å². The average molecular weight is 521 g/mol. The Hall–Kier alpha value is -3.00. The van der Waals surface area contributed by atoms with Crippen molar-refractivity contribution in [2.24, 2.45) is 0 Å². The molecule has 2 aromatic heterocycles. The zero-order chi connectivity index (χ0) is 23.7. The van der Waals surface area contributed by atoms with E-state index in [1.165, 1.54) is 0 Å². The molecule has 5 rings (SSSR count). The van der Waals surface area contributed by atoms with Gasteiger partial charge in [-0.2, -0.15) is 4.73 Å². The molecule has 0 bridgehead atoms. The van der Waals surface area contributed by atoms with E-state index in [1.54, 1.807) is 10.8 Å². The van der Waals surface area contributed by atoms with Crippen LogP contribution in [0.4, 0.5) is 0 Å². The van der Waals surface area contributed by atoms with Gasteiger partial charge in [0.15, 0.2) is 11.6 Å². The fraction of sp³-hybridized carbons (Fsp3) is 0.259. The number of ether oxygens (including phenoxy) is 2. The summed E-state index contributed by atoms with van der Waals surface area (Å²) in [6, 6.07) is 21.3. The Labute approximate surface area is 206 Å². The Kier molecular flexibility index (Phi) is 6.25. The number of carbonyl (C=O) groups excluding carboxylic acids is 1. The molecule has 1 fully saturated rings. The SMILES string of the molecule is CC1(C)OCC(COn2cc(-c3nc(C(=O)Cc4ccccc4)ccc3Br)c3ccccc32)O1. The van der Waals surface area contributed by atoms with Gasteiger partial charge in [0.2, 0.25) is 0 Å². The molecule has 1 aliphatic heterocycles. The second kappa shape index (κ2) is 9.33. The number of hydrogen-bond donors (Lipinski definition) is 0. The number of halogens is 1. The van der Waals surface area contributed by atoms with Crippen molar-refractivity contribution in [2.75, 3.05) is 13.2 Å². The lowest BCUT2D eigenvalue weighted by Crippen LogP contribution is -2.28. The first-order chi connectivity index (χ1) is 16.4. The predicted octanol–water partition coefficient (Wildman–Crippen LogP) is 5.47. The first-order valence-corrected chi connectivity index (χ1v) is 12.0. The highest BCUT2D eigenvalue weighted by molar-refractivity contribution is 9.10. The molecule has 2 aromatic carbocycles. The minimum absolute atomic E-state index is 0.0269. The van der Waals surface area contributed by atoms with Crippen LogP contribution >= 0.6 is 15.9 Å². The van der Waals surface area contributed by atoms with Gasteiger partial charge in [-0.05, 0) is 53.5 Å². The van der Waals surface area contributed by atoms with E-state index < -0.39 is 5.79 Å². The number of Topliss-reactive ketones (excluding diaryl/α,β-unsaturated/α-hetero) is 1. The standard InChI is InChI=1S/C27H25BrN2O4/c1-27(2)32-16-19(34-27)17-33-30-15-21(20-10-6-7-11-24(20)30)26-22(28)12-13-23(29-26)25(31)14-18-8-4-3-5-9-18/h3-13,15,19H,14,16-17H2,1-2H3. The highest BCUT2D eigenvalue weighted by atomic mass is 79.9. The van der Waals surface area contributed by atoms with Gasteiger partial charge in [-0.3, -0.25) is 4.79 Å². The zero-order valence-corrected chi connectivity index (χ0v) is 20.6. The van der Waals surface area contributed by atoms with Gasteiger partial charge in [-0.15, -0.1) is 0 Å². The molecule has 4 aromatic rings. The number of pyridine rings is 1. The van der Waals surface area contributed by atoms with E-state index in [1.807, 2.05) is 80.7 Å². The summed E-state index contributed by atoms with van der Waals surface area (Å²) in [5.74, 6) is -0.625. The molecule has 6 nitrogen and oxygen atoms in total. The third kappa shape index (κ3) is 4.78. The van der Waals surface area contributed by atoms with E-state index in [4.69, 9.17) is 19.3 Å². The molecule has 0 amide bonds. The Morgan fingerprint density at radius 3 is 2.65 bits per heavy atom. The number of rotatable bonds is 7. The van der Waals surface area contributed by atoms with E-state index in [9.17, 15) is 4.79 Å². The average Bonchev–Trinajstić information content (AvgIpc) is 3.38. The lowest BCUT2D eigenvalue weighted by atomic mass is 10.1. The largest absolute Gasteiger partial charge is 0.411 e. The van der Waals surface area contributed by atoms with Gasteiger partial charge < -0.3 is 14.3 Å². The Balaban J connectivity index is 1.44. The summed E-state index contributed by atoms with van der Waals surface area (Å²) < 4.78 is 14.1. The van der Waals surface area contributed by atoms with Gasteiger partial charge in [0, 0.05) is 21.8 Å². The zero-order valence-electron chi connectivity index (χ0n) is 19.0. The number of fused-ring (bicyclic) bond motifs is 1. The van der Waals surface area contributed by atoms with E-state index in [0.29, 0.717) is 31.0 Å². The topological polar surface area (TPSA) is 62.6 Å². The van der Waals surface area contributed by atoms with Crippen LogP contribution in [-0.4, -0.2) is 40.6 Å². The van der Waals surface area contributed by atoms with Crippen LogP contribution in [-0.2, 0) is 15.9 Å². The highest BCUT2D eigenvalue weighted by Crippen LogP contribution is 2.34. The molecule has 0 aliphatic carbocycles. The van der Waals surface area contributed by atoms with E-state index in [0.717, 1.165) is 26.5 Å². The van der Waals surface area contributed by atoms with Crippen LogP contribution in [0.2, 0.25) is 0 Å². The summed E-state index contributed by atoms with van der Waals surface area (Å²) in [4.78, 5) is 23.8. The molecule has 1 saturated heterocycles. The summed E-state index contributed by atoms with van der Waals surface area (Å²) in [6.45, 7) is 4.63. The van der Waals surface area contributed by atoms with E-state index in [-0.39, 0.29) is 11.9 Å². The quantitative estimate of drug-likeness (QED) is 0.302. The fourth-order valence-electron chi connectivity index (χ4n) is 4.11. The van der Waals surface area contributed by atoms with Crippen molar-refractivity contribution in [1.82, 2.24) is 9.71 Å². The molecule has 34 heavy (non-hydrogen) atoms. The molecule has 1 aliphatic rings. The van der Waals surface area contributed by atoms with Gasteiger partial charge >= 0.3 is 0 Å². The van der Waals surface area contributed by atoms with E-state index in [2.05, 4.69) is 15.9 Å². The third-order valence-electron chi connectivity index (χ3n) is 5.74. The highest BCUT2D eigenvalue weighted by Gasteiger charge is 2.33. The molecule has 174 valence electrons. The fourth-order valence-corrected chi connectivity index (χ4v) is 4.55. The number of nitrogens with zero attached hydrogens (tertiary/aromatic N) is 2. The van der Waals surface area contributed by atoms with Crippen molar-refractivity contribution in [3.05, 3.63) is 88.7 Å². The Bertz CT molecular complexity index is 1330. The molecule has 0 radical (unpaired) electrons. The molecule has 3 heterocycles. The van der Waals surface area contributed by atoms with Crippen LogP contribution in [0.15, 0.2) is 77.4 Å². The minimum atomic E-state index is -0.598. The first-order valence-electron chi connectivity index (χ1n) is 11.2. The molecular weight excluding hydrogens is 496 g/mol. The maximum Gasteiger partial charge on any atom is 0.185 e. The molecule has 7 heteroatoms. The molecule has 0 N–H and O–H groups in total. The molecule has 0 spiro atoms. The number of carbonyl (C=O) groups is 1. The van der Waals surface area contributed by atoms with Gasteiger partial charge in [0.25, 0.3) is 0 Å². The van der Waals surface area contributed by atoms with Gasteiger partial charge in [0.05, 0.1) is 24.0 Å². The maximum atomic E-state index is 12.9. The van der Waals surface area contributed by atoms with E-state index >= 15 is 0 Å². The Morgan fingerprint density at radius 1 is 1.12 bits per heavy atom. The smallest absolute Gasteiger partial charge is 0.185 e. The van der Waals surface area contributed by atoms with Crippen LogP contribution in [0.1, 0.15) is 29.9 Å². The van der Waals surface area contributed by atoms with Crippen LogP contribution in [0.25, 0.3) is 22.2 Å². The maximum absolute atomic E-state index is 12.9. The number of para-hydroxylation sites is 1. The minimum Gasteiger partial charge on any atom is -0.411 e. The molecular formula is C27H25BrN2O4.